The molecule has 0 atom stereocenters. The molecule has 2 rings (SSSR count). The van der Waals surface area contributed by atoms with Gasteiger partial charge in [0.2, 0.25) is 0 Å². The van der Waals surface area contributed by atoms with E-state index in [2.05, 4.69) is 9.97 Å². The zero-order chi connectivity index (χ0) is 12.3. The third-order valence-electron chi connectivity index (χ3n) is 2.23. The summed E-state index contributed by atoms with van der Waals surface area (Å²) in [5.41, 5.74) is 1.63. The lowest BCUT2D eigenvalue weighted by Crippen LogP contribution is -1.97. The first-order chi connectivity index (χ1) is 8.19. The summed E-state index contributed by atoms with van der Waals surface area (Å²) in [6.45, 7) is 1.83. The number of nitrogens with zero attached hydrogens (tertiary/aromatic N) is 2. The molecule has 88 valence electrons. The second kappa shape index (κ2) is 5.10. The number of alkyl halides is 1. The van der Waals surface area contributed by atoms with Crippen molar-refractivity contribution in [2.24, 2.45) is 0 Å². The van der Waals surface area contributed by atoms with Gasteiger partial charge in [-0.2, -0.15) is 4.98 Å². The van der Waals surface area contributed by atoms with Crippen LogP contribution in [0.3, 0.4) is 0 Å². The molecule has 0 aliphatic carbocycles. The molecule has 0 saturated carbocycles. The summed E-state index contributed by atoms with van der Waals surface area (Å²) in [7, 11) is 0. The number of halogens is 2. The number of aromatic nitrogens is 2. The molecule has 0 bridgehead atoms. The van der Waals surface area contributed by atoms with Gasteiger partial charge in [0.15, 0.2) is 0 Å². The van der Waals surface area contributed by atoms with Gasteiger partial charge < -0.3 is 4.74 Å². The fourth-order valence-corrected chi connectivity index (χ4v) is 1.52. The molecule has 0 saturated heterocycles. The highest BCUT2D eigenvalue weighted by Gasteiger charge is 2.04. The average Bonchev–Trinajstić information content (AvgIpc) is 2.32. The minimum atomic E-state index is -0.313. The number of hydrogen-bond donors (Lipinski definition) is 0. The average molecular weight is 253 g/mol. The lowest BCUT2D eigenvalue weighted by molar-refractivity contribution is 0.438. The molecule has 0 aliphatic rings. The smallest absolute Gasteiger partial charge is 0.322 e. The van der Waals surface area contributed by atoms with E-state index in [1.807, 2.05) is 6.92 Å². The van der Waals surface area contributed by atoms with E-state index >= 15 is 0 Å². The van der Waals surface area contributed by atoms with Crippen LogP contribution < -0.4 is 4.74 Å². The van der Waals surface area contributed by atoms with E-state index in [0.29, 0.717) is 11.6 Å². The first-order valence-corrected chi connectivity index (χ1v) is 5.54. The summed E-state index contributed by atoms with van der Waals surface area (Å²) in [5, 5.41) is 0. The second-order valence-corrected chi connectivity index (χ2v) is 3.72. The lowest BCUT2D eigenvalue weighted by atomic mass is 10.3. The van der Waals surface area contributed by atoms with Crippen LogP contribution in [0.4, 0.5) is 4.39 Å². The Balaban J connectivity index is 2.19. The van der Waals surface area contributed by atoms with Crippen molar-refractivity contribution in [3.63, 3.8) is 0 Å². The van der Waals surface area contributed by atoms with Gasteiger partial charge in [-0.3, -0.25) is 0 Å². The summed E-state index contributed by atoms with van der Waals surface area (Å²) in [6.07, 6.45) is 1.62. The summed E-state index contributed by atoms with van der Waals surface area (Å²) in [5.74, 6) is 0.541. The van der Waals surface area contributed by atoms with Gasteiger partial charge >= 0.3 is 6.01 Å². The number of hydrogen-bond acceptors (Lipinski definition) is 3. The van der Waals surface area contributed by atoms with Gasteiger partial charge in [-0.05, 0) is 31.2 Å². The molecule has 3 nitrogen and oxygen atoms in total. The van der Waals surface area contributed by atoms with Crippen molar-refractivity contribution in [2.75, 3.05) is 0 Å². The van der Waals surface area contributed by atoms with Crippen LogP contribution in [0.15, 0.2) is 30.5 Å². The van der Waals surface area contributed by atoms with Crippen LogP contribution in [-0.4, -0.2) is 9.97 Å². The molecule has 0 spiro atoms. The molecule has 0 unspecified atom stereocenters. The third kappa shape index (κ3) is 2.91. The largest absolute Gasteiger partial charge is 0.424 e. The van der Waals surface area contributed by atoms with E-state index in [9.17, 15) is 4.39 Å². The number of aryl methyl sites for hydroxylation is 1. The molecule has 1 aromatic heterocycles. The van der Waals surface area contributed by atoms with Gasteiger partial charge in [-0.15, -0.1) is 11.6 Å². The Morgan fingerprint density at radius 2 is 2.00 bits per heavy atom. The Labute approximate surface area is 103 Å². The Morgan fingerprint density at radius 1 is 1.29 bits per heavy atom. The van der Waals surface area contributed by atoms with Crippen molar-refractivity contribution < 1.29 is 9.13 Å². The summed E-state index contributed by atoms with van der Waals surface area (Å²) in [4.78, 5) is 8.17. The summed E-state index contributed by atoms with van der Waals surface area (Å²) < 4.78 is 18.1. The Bertz CT molecular complexity index is 516. The molecule has 0 radical (unpaired) electrons. The highest BCUT2D eigenvalue weighted by atomic mass is 35.5. The van der Waals surface area contributed by atoms with Crippen molar-refractivity contribution in [3.8, 4) is 11.8 Å². The topological polar surface area (TPSA) is 35.0 Å². The highest BCUT2D eigenvalue weighted by Crippen LogP contribution is 2.19. The predicted octanol–water partition coefficient (Wildman–Crippen LogP) is 3.46. The van der Waals surface area contributed by atoms with E-state index in [4.69, 9.17) is 16.3 Å². The van der Waals surface area contributed by atoms with Crippen LogP contribution in [0.25, 0.3) is 0 Å². The van der Waals surface area contributed by atoms with E-state index in [-0.39, 0.29) is 11.8 Å². The van der Waals surface area contributed by atoms with Crippen molar-refractivity contribution in [2.45, 2.75) is 12.8 Å². The number of rotatable bonds is 3. The third-order valence-corrected chi connectivity index (χ3v) is 2.51. The van der Waals surface area contributed by atoms with Crippen LogP contribution in [0.5, 0.6) is 11.8 Å². The fraction of sp³-hybridized carbons (Fsp3) is 0.167. The molecule has 5 heteroatoms. The molecular weight excluding hydrogens is 243 g/mol. The van der Waals surface area contributed by atoms with Crippen molar-refractivity contribution in [3.05, 3.63) is 47.5 Å². The van der Waals surface area contributed by atoms with Gasteiger partial charge in [0, 0.05) is 17.5 Å². The van der Waals surface area contributed by atoms with Crippen LogP contribution in [0, 0.1) is 12.7 Å². The van der Waals surface area contributed by atoms with E-state index in [1.165, 1.54) is 24.3 Å². The molecule has 1 heterocycles. The Kier molecular flexibility index (Phi) is 3.54. The Hall–Kier alpha value is -1.68. The number of ether oxygens (including phenoxy) is 1. The molecule has 0 amide bonds. The summed E-state index contributed by atoms with van der Waals surface area (Å²) in [6, 6.07) is 5.89. The second-order valence-electron chi connectivity index (χ2n) is 3.45. The monoisotopic (exact) mass is 252 g/mol. The maximum atomic E-state index is 12.7. The van der Waals surface area contributed by atoms with Gasteiger partial charge in [-0.25, -0.2) is 9.37 Å². The van der Waals surface area contributed by atoms with E-state index in [0.717, 1.165) is 11.3 Å². The standard InChI is InChI=1S/C12H10ClFN2O/c1-8-9(6-13)7-15-12(16-8)17-11-4-2-10(14)3-5-11/h2-5,7H,6H2,1H3. The maximum Gasteiger partial charge on any atom is 0.322 e. The minimum absolute atomic E-state index is 0.225. The zero-order valence-corrected chi connectivity index (χ0v) is 9.91. The van der Waals surface area contributed by atoms with Crippen LogP contribution >= 0.6 is 11.6 Å². The van der Waals surface area contributed by atoms with Gasteiger partial charge in [-0.1, -0.05) is 0 Å². The maximum absolute atomic E-state index is 12.7. The highest BCUT2D eigenvalue weighted by molar-refractivity contribution is 6.17. The quantitative estimate of drug-likeness (QED) is 0.785. The fourth-order valence-electron chi connectivity index (χ4n) is 1.26. The Morgan fingerprint density at radius 3 is 2.59 bits per heavy atom. The molecule has 2 aromatic rings. The molecule has 0 fully saturated rings. The molecule has 17 heavy (non-hydrogen) atoms. The molecule has 0 N–H and O–H groups in total. The predicted molar refractivity (Wildman–Crippen MR) is 62.8 cm³/mol. The van der Waals surface area contributed by atoms with E-state index < -0.39 is 0 Å². The minimum Gasteiger partial charge on any atom is -0.424 e. The molecule has 0 aliphatic heterocycles. The molecular formula is C12H10ClFN2O. The van der Waals surface area contributed by atoms with E-state index in [1.54, 1.807) is 6.20 Å². The van der Waals surface area contributed by atoms with Crippen molar-refractivity contribution >= 4 is 11.6 Å². The first-order valence-electron chi connectivity index (χ1n) is 5.01. The first kappa shape index (κ1) is 11.8. The van der Waals surface area contributed by atoms with Crippen molar-refractivity contribution in [1.29, 1.82) is 0 Å². The normalized spacial score (nSPS) is 10.3. The summed E-state index contributed by atoms with van der Waals surface area (Å²) >= 11 is 5.70. The van der Waals surface area contributed by atoms with Crippen LogP contribution in [0.2, 0.25) is 0 Å². The zero-order valence-electron chi connectivity index (χ0n) is 9.15. The molecule has 1 aromatic carbocycles. The lowest BCUT2D eigenvalue weighted by Gasteiger charge is -2.05. The van der Waals surface area contributed by atoms with Gasteiger partial charge in [0.1, 0.15) is 11.6 Å². The van der Waals surface area contributed by atoms with Gasteiger partial charge in [0.25, 0.3) is 0 Å². The SMILES string of the molecule is Cc1nc(Oc2ccc(F)cc2)ncc1CCl. The van der Waals surface area contributed by atoms with Crippen molar-refractivity contribution in [1.82, 2.24) is 9.97 Å². The van der Waals surface area contributed by atoms with Crippen LogP contribution in [0.1, 0.15) is 11.3 Å². The van der Waals surface area contributed by atoms with Crippen LogP contribution in [-0.2, 0) is 5.88 Å². The van der Waals surface area contributed by atoms with Gasteiger partial charge in [0.05, 0.1) is 5.88 Å². The number of benzene rings is 1.